The molecule has 1 heterocycles. The predicted octanol–water partition coefficient (Wildman–Crippen LogP) is 3.30. The van der Waals surface area contributed by atoms with Gasteiger partial charge in [0.25, 0.3) is 5.91 Å². The van der Waals surface area contributed by atoms with Crippen LogP contribution in [-0.2, 0) is 0 Å². The number of likely N-dealkylation sites (N-methyl/N-ethyl adjacent to an activating group) is 1. The van der Waals surface area contributed by atoms with Gasteiger partial charge in [0.15, 0.2) is 0 Å². The normalized spacial score (nSPS) is 18.4. The van der Waals surface area contributed by atoms with Crippen molar-refractivity contribution in [1.29, 1.82) is 0 Å². The maximum atomic E-state index is 12.4. The number of ether oxygens (including phenoxy) is 1. The fourth-order valence-corrected chi connectivity index (χ4v) is 2.88. The number of carbonyl (C=O) groups excluding carboxylic acids is 1. The van der Waals surface area contributed by atoms with E-state index in [2.05, 4.69) is 17.3 Å². The van der Waals surface area contributed by atoms with Gasteiger partial charge < -0.3 is 15.0 Å². The summed E-state index contributed by atoms with van der Waals surface area (Å²) in [5.41, 5.74) is 0.631. The lowest BCUT2D eigenvalue weighted by Crippen LogP contribution is -2.46. The SMILES string of the molecule is CN1CCC[C@@H](NC(=O)c2cccc(Oc3ccccc3)c2)C1. The minimum absolute atomic E-state index is 0.0381. The summed E-state index contributed by atoms with van der Waals surface area (Å²) in [7, 11) is 2.09. The van der Waals surface area contributed by atoms with Crippen molar-refractivity contribution in [3.8, 4) is 11.5 Å². The third-order valence-corrected chi connectivity index (χ3v) is 4.03. The van der Waals surface area contributed by atoms with Crippen LogP contribution in [0.2, 0.25) is 0 Å². The second-order valence-corrected chi connectivity index (χ2v) is 6.02. The van der Waals surface area contributed by atoms with Crippen molar-refractivity contribution in [2.45, 2.75) is 18.9 Å². The molecular weight excluding hydrogens is 288 g/mol. The molecule has 1 amide bonds. The number of piperidine rings is 1. The Morgan fingerprint density at radius 3 is 2.70 bits per heavy atom. The molecule has 4 heteroatoms. The van der Waals surface area contributed by atoms with Gasteiger partial charge in [-0.1, -0.05) is 24.3 Å². The lowest BCUT2D eigenvalue weighted by atomic mass is 10.1. The largest absolute Gasteiger partial charge is 0.457 e. The van der Waals surface area contributed by atoms with Crippen LogP contribution in [0, 0.1) is 0 Å². The van der Waals surface area contributed by atoms with Crippen LogP contribution in [-0.4, -0.2) is 37.0 Å². The standard InChI is InChI=1S/C19H22N2O2/c1-21-12-6-8-16(14-21)20-19(22)15-7-5-11-18(13-15)23-17-9-3-2-4-10-17/h2-5,7,9-11,13,16H,6,8,12,14H2,1H3,(H,20,22)/t16-/m1/s1. The summed E-state index contributed by atoms with van der Waals surface area (Å²) in [4.78, 5) is 14.7. The zero-order chi connectivity index (χ0) is 16.1. The van der Waals surface area contributed by atoms with Crippen LogP contribution in [0.5, 0.6) is 11.5 Å². The number of nitrogens with one attached hydrogen (secondary N) is 1. The number of likely N-dealkylation sites (tertiary alicyclic amines) is 1. The van der Waals surface area contributed by atoms with E-state index in [4.69, 9.17) is 4.74 Å². The highest BCUT2D eigenvalue weighted by Crippen LogP contribution is 2.22. The molecule has 2 aromatic carbocycles. The number of hydrogen-bond acceptors (Lipinski definition) is 3. The first kappa shape index (κ1) is 15.6. The molecule has 0 saturated carbocycles. The van der Waals surface area contributed by atoms with Crippen molar-refractivity contribution in [3.05, 3.63) is 60.2 Å². The third kappa shape index (κ3) is 4.33. The monoisotopic (exact) mass is 310 g/mol. The number of hydrogen-bond donors (Lipinski definition) is 1. The highest BCUT2D eigenvalue weighted by atomic mass is 16.5. The van der Waals surface area contributed by atoms with E-state index < -0.39 is 0 Å². The van der Waals surface area contributed by atoms with Crippen LogP contribution in [0.25, 0.3) is 0 Å². The summed E-state index contributed by atoms with van der Waals surface area (Å²) in [6.07, 6.45) is 2.16. The summed E-state index contributed by atoms with van der Waals surface area (Å²) in [6, 6.07) is 17.1. The molecular formula is C19H22N2O2. The summed E-state index contributed by atoms with van der Waals surface area (Å²) < 4.78 is 5.79. The molecule has 1 aliphatic heterocycles. The first-order valence-corrected chi connectivity index (χ1v) is 8.03. The van der Waals surface area contributed by atoms with Gasteiger partial charge in [-0.15, -0.1) is 0 Å². The molecule has 1 atom stereocenters. The summed E-state index contributed by atoms with van der Waals surface area (Å²) >= 11 is 0. The fraction of sp³-hybridized carbons (Fsp3) is 0.316. The van der Waals surface area contributed by atoms with Crippen LogP contribution in [0.4, 0.5) is 0 Å². The minimum atomic E-state index is -0.0381. The summed E-state index contributed by atoms with van der Waals surface area (Å²) in [5, 5.41) is 3.12. The molecule has 1 N–H and O–H groups in total. The second kappa shape index (κ2) is 7.29. The highest BCUT2D eigenvalue weighted by Gasteiger charge is 2.19. The molecule has 1 fully saturated rings. The molecule has 1 saturated heterocycles. The molecule has 0 bridgehead atoms. The van der Waals surface area contributed by atoms with Crippen LogP contribution >= 0.6 is 0 Å². The molecule has 3 rings (SSSR count). The van der Waals surface area contributed by atoms with E-state index in [0.717, 1.165) is 31.7 Å². The molecule has 0 radical (unpaired) electrons. The Morgan fingerprint density at radius 1 is 1.13 bits per heavy atom. The van der Waals surface area contributed by atoms with Crippen molar-refractivity contribution < 1.29 is 9.53 Å². The average molecular weight is 310 g/mol. The Hall–Kier alpha value is -2.33. The van der Waals surface area contributed by atoms with Gasteiger partial charge in [-0.25, -0.2) is 0 Å². The average Bonchev–Trinajstić information content (AvgIpc) is 2.56. The topological polar surface area (TPSA) is 41.6 Å². The van der Waals surface area contributed by atoms with Crippen molar-refractivity contribution in [2.75, 3.05) is 20.1 Å². The Kier molecular flexibility index (Phi) is 4.93. The van der Waals surface area contributed by atoms with Crippen LogP contribution in [0.15, 0.2) is 54.6 Å². The first-order valence-electron chi connectivity index (χ1n) is 8.03. The maximum absolute atomic E-state index is 12.4. The second-order valence-electron chi connectivity index (χ2n) is 6.02. The van der Waals surface area contributed by atoms with Gasteiger partial charge >= 0.3 is 0 Å². The number of amides is 1. The molecule has 0 unspecified atom stereocenters. The Morgan fingerprint density at radius 2 is 1.91 bits per heavy atom. The van der Waals surface area contributed by atoms with Gasteiger partial charge in [0.2, 0.25) is 0 Å². The van der Waals surface area contributed by atoms with Gasteiger partial charge in [0, 0.05) is 18.2 Å². The Balaban J connectivity index is 1.65. The van der Waals surface area contributed by atoms with Gasteiger partial charge in [-0.3, -0.25) is 4.79 Å². The van der Waals surface area contributed by atoms with E-state index >= 15 is 0 Å². The van der Waals surface area contributed by atoms with E-state index in [0.29, 0.717) is 11.3 Å². The molecule has 1 aliphatic rings. The number of carbonyl (C=O) groups is 1. The quantitative estimate of drug-likeness (QED) is 0.942. The molecule has 4 nitrogen and oxygen atoms in total. The Labute approximate surface area is 137 Å². The zero-order valence-corrected chi connectivity index (χ0v) is 13.4. The fourth-order valence-electron chi connectivity index (χ4n) is 2.88. The van der Waals surface area contributed by atoms with Gasteiger partial charge in [0.1, 0.15) is 11.5 Å². The molecule has 2 aromatic rings. The van der Waals surface area contributed by atoms with Gasteiger partial charge in [-0.2, -0.15) is 0 Å². The number of para-hydroxylation sites is 1. The highest BCUT2D eigenvalue weighted by molar-refractivity contribution is 5.94. The van der Waals surface area contributed by atoms with E-state index in [-0.39, 0.29) is 11.9 Å². The lowest BCUT2D eigenvalue weighted by Gasteiger charge is -2.30. The van der Waals surface area contributed by atoms with E-state index in [9.17, 15) is 4.79 Å². The van der Waals surface area contributed by atoms with Crippen molar-refractivity contribution >= 4 is 5.91 Å². The van der Waals surface area contributed by atoms with E-state index in [1.54, 1.807) is 6.07 Å². The third-order valence-electron chi connectivity index (χ3n) is 4.03. The maximum Gasteiger partial charge on any atom is 0.251 e. The smallest absolute Gasteiger partial charge is 0.251 e. The summed E-state index contributed by atoms with van der Waals surface area (Å²) in [5.74, 6) is 1.40. The number of benzene rings is 2. The van der Waals surface area contributed by atoms with Crippen molar-refractivity contribution in [3.63, 3.8) is 0 Å². The number of nitrogens with zero attached hydrogens (tertiary/aromatic N) is 1. The molecule has 0 aromatic heterocycles. The van der Waals surface area contributed by atoms with E-state index in [1.165, 1.54) is 0 Å². The predicted molar refractivity (Wildman–Crippen MR) is 90.9 cm³/mol. The Bertz CT molecular complexity index is 657. The number of rotatable bonds is 4. The molecule has 23 heavy (non-hydrogen) atoms. The van der Waals surface area contributed by atoms with Crippen LogP contribution in [0.1, 0.15) is 23.2 Å². The lowest BCUT2D eigenvalue weighted by molar-refractivity contribution is 0.0912. The molecule has 120 valence electrons. The minimum Gasteiger partial charge on any atom is -0.457 e. The van der Waals surface area contributed by atoms with Crippen LogP contribution in [0.3, 0.4) is 0 Å². The van der Waals surface area contributed by atoms with Gasteiger partial charge in [-0.05, 0) is 56.8 Å². The van der Waals surface area contributed by atoms with Crippen molar-refractivity contribution in [1.82, 2.24) is 10.2 Å². The van der Waals surface area contributed by atoms with Crippen LogP contribution < -0.4 is 10.1 Å². The van der Waals surface area contributed by atoms with E-state index in [1.807, 2.05) is 48.5 Å². The van der Waals surface area contributed by atoms with Gasteiger partial charge in [0.05, 0.1) is 0 Å². The molecule has 0 aliphatic carbocycles. The zero-order valence-electron chi connectivity index (χ0n) is 13.4. The molecule has 0 spiro atoms. The summed E-state index contributed by atoms with van der Waals surface area (Å²) in [6.45, 7) is 2.01. The van der Waals surface area contributed by atoms with Crippen molar-refractivity contribution in [2.24, 2.45) is 0 Å². The first-order chi connectivity index (χ1) is 11.2.